The summed E-state index contributed by atoms with van der Waals surface area (Å²) >= 11 is 0. The molecule has 0 bridgehead atoms. The number of ether oxygens (including phenoxy) is 1. The minimum atomic E-state index is -4.08. The van der Waals surface area contributed by atoms with Crippen LogP contribution in [-0.4, -0.2) is 25.9 Å². The maximum Gasteiger partial charge on any atom is 0.338 e. The average molecular weight is 378 g/mol. The van der Waals surface area contributed by atoms with Crippen LogP contribution < -0.4 is 4.72 Å². The second-order valence-electron chi connectivity index (χ2n) is 5.42. The molecule has 0 saturated carbocycles. The van der Waals surface area contributed by atoms with E-state index in [0.29, 0.717) is 11.1 Å². The fourth-order valence-corrected chi connectivity index (χ4v) is 3.76. The Morgan fingerprint density at radius 3 is 2.42 bits per heavy atom. The van der Waals surface area contributed by atoms with Gasteiger partial charge in [-0.25, -0.2) is 17.9 Å². The molecule has 0 heterocycles. The lowest BCUT2D eigenvalue weighted by molar-refractivity contribution is -0.387. The van der Waals surface area contributed by atoms with Crippen LogP contribution in [0.25, 0.3) is 0 Å². The first kappa shape index (κ1) is 19.5. The fraction of sp³-hybridized carbons (Fsp3) is 0.235. The molecule has 0 aromatic heterocycles. The number of aryl methyl sites for hydroxylation is 1. The van der Waals surface area contributed by atoms with Crippen LogP contribution in [0.5, 0.6) is 0 Å². The van der Waals surface area contributed by atoms with E-state index in [1.54, 1.807) is 19.1 Å². The van der Waals surface area contributed by atoms with Crippen LogP contribution in [0.15, 0.2) is 47.4 Å². The summed E-state index contributed by atoms with van der Waals surface area (Å²) in [5.41, 5.74) is 0.755. The lowest BCUT2D eigenvalue weighted by atomic mass is 10.1. The van der Waals surface area contributed by atoms with Crippen LogP contribution in [0.1, 0.15) is 28.4 Å². The Labute approximate surface area is 151 Å². The molecule has 0 fully saturated rings. The molecular weight excluding hydrogens is 360 g/mol. The minimum absolute atomic E-state index is 0.0725. The van der Waals surface area contributed by atoms with Gasteiger partial charge in [-0.1, -0.05) is 24.3 Å². The first-order valence-electron chi connectivity index (χ1n) is 7.76. The second-order valence-corrected chi connectivity index (χ2v) is 7.13. The maximum absolute atomic E-state index is 12.5. The highest BCUT2D eigenvalue weighted by Crippen LogP contribution is 2.26. The molecule has 0 aliphatic carbocycles. The van der Waals surface area contributed by atoms with E-state index in [-0.39, 0.29) is 23.6 Å². The van der Waals surface area contributed by atoms with Gasteiger partial charge in [0.05, 0.1) is 17.1 Å². The summed E-state index contributed by atoms with van der Waals surface area (Å²) in [6, 6.07) is 10.3. The highest BCUT2D eigenvalue weighted by atomic mass is 32.2. The van der Waals surface area contributed by atoms with E-state index in [9.17, 15) is 23.3 Å². The molecule has 138 valence electrons. The third kappa shape index (κ3) is 4.44. The van der Waals surface area contributed by atoms with Crippen molar-refractivity contribution in [2.45, 2.75) is 25.3 Å². The van der Waals surface area contributed by atoms with Gasteiger partial charge in [-0.2, -0.15) is 0 Å². The van der Waals surface area contributed by atoms with Crippen molar-refractivity contribution in [1.82, 2.24) is 4.72 Å². The first-order chi connectivity index (χ1) is 12.3. The smallest absolute Gasteiger partial charge is 0.338 e. The molecule has 2 rings (SSSR count). The number of nitrogens with one attached hydrogen (secondary N) is 1. The zero-order valence-corrected chi connectivity index (χ0v) is 15.1. The number of hydrogen-bond acceptors (Lipinski definition) is 6. The lowest BCUT2D eigenvalue weighted by Gasteiger charge is -2.10. The summed E-state index contributed by atoms with van der Waals surface area (Å²) < 4.78 is 32.3. The molecule has 1 N–H and O–H groups in total. The van der Waals surface area contributed by atoms with Crippen molar-refractivity contribution in [1.29, 1.82) is 0 Å². The molecular formula is C17H18N2O6S. The molecule has 2 aromatic rings. The molecule has 0 amide bonds. The van der Waals surface area contributed by atoms with Gasteiger partial charge in [0.1, 0.15) is 0 Å². The molecule has 0 radical (unpaired) electrons. The van der Waals surface area contributed by atoms with Gasteiger partial charge >= 0.3 is 5.97 Å². The van der Waals surface area contributed by atoms with Gasteiger partial charge < -0.3 is 4.74 Å². The van der Waals surface area contributed by atoms with Crippen molar-refractivity contribution in [2.24, 2.45) is 0 Å². The van der Waals surface area contributed by atoms with Gasteiger partial charge in [0.25, 0.3) is 5.69 Å². The number of rotatable bonds is 7. The van der Waals surface area contributed by atoms with Gasteiger partial charge in [0.2, 0.25) is 10.0 Å². The summed E-state index contributed by atoms with van der Waals surface area (Å²) in [6.07, 6.45) is 0. The number of esters is 1. The summed E-state index contributed by atoms with van der Waals surface area (Å²) in [6.45, 7) is 3.38. The zero-order valence-electron chi connectivity index (χ0n) is 14.3. The highest BCUT2D eigenvalue weighted by Gasteiger charge is 2.27. The molecule has 0 aliphatic heterocycles. The van der Waals surface area contributed by atoms with Gasteiger partial charge in [-0.15, -0.1) is 0 Å². The predicted octanol–water partition coefficient (Wildman–Crippen LogP) is 2.56. The summed E-state index contributed by atoms with van der Waals surface area (Å²) in [5, 5.41) is 11.1. The molecule has 8 nitrogen and oxygen atoms in total. The number of nitrogens with zero attached hydrogens (tertiary/aromatic N) is 1. The van der Waals surface area contributed by atoms with Crippen molar-refractivity contribution in [2.75, 3.05) is 6.61 Å². The molecule has 0 spiro atoms. The van der Waals surface area contributed by atoms with E-state index in [2.05, 4.69) is 4.72 Å². The van der Waals surface area contributed by atoms with Gasteiger partial charge in [-0.05, 0) is 37.1 Å². The molecule has 0 aliphatic rings. The van der Waals surface area contributed by atoms with Gasteiger partial charge in [-0.3, -0.25) is 10.1 Å². The van der Waals surface area contributed by atoms with E-state index >= 15 is 0 Å². The number of nitro benzene ring substituents is 1. The second kappa shape index (κ2) is 8.07. The van der Waals surface area contributed by atoms with Crippen molar-refractivity contribution in [3.8, 4) is 0 Å². The van der Waals surface area contributed by atoms with Crippen molar-refractivity contribution in [3.05, 3.63) is 69.3 Å². The number of nitro groups is 1. The van der Waals surface area contributed by atoms with Crippen molar-refractivity contribution in [3.63, 3.8) is 0 Å². The Hall–Kier alpha value is -2.78. The minimum Gasteiger partial charge on any atom is -0.462 e. The summed E-state index contributed by atoms with van der Waals surface area (Å²) in [4.78, 5) is 21.6. The molecule has 26 heavy (non-hydrogen) atoms. The van der Waals surface area contributed by atoms with E-state index in [1.807, 2.05) is 0 Å². The molecule has 0 atom stereocenters. The average Bonchev–Trinajstić information content (AvgIpc) is 2.60. The maximum atomic E-state index is 12.5. The topological polar surface area (TPSA) is 116 Å². The predicted molar refractivity (Wildman–Crippen MR) is 94.3 cm³/mol. The Bertz CT molecular complexity index is 923. The standard InChI is InChI=1S/C17H18N2O6S/c1-3-25-17(20)14-9-7-13(8-10-14)11-18-26(23,24)16-12(2)5-4-6-15(16)19(21)22/h4-10,18H,3,11H2,1-2H3. The van der Waals surface area contributed by atoms with Crippen LogP contribution >= 0.6 is 0 Å². The normalized spacial score (nSPS) is 11.2. The lowest BCUT2D eigenvalue weighted by Crippen LogP contribution is -2.25. The Kier molecular flexibility index (Phi) is 6.06. The number of benzene rings is 2. The van der Waals surface area contributed by atoms with E-state index in [4.69, 9.17) is 4.74 Å². The third-order valence-corrected chi connectivity index (χ3v) is 5.18. The van der Waals surface area contributed by atoms with Crippen molar-refractivity contribution >= 4 is 21.7 Å². The number of sulfonamides is 1. The third-order valence-electron chi connectivity index (χ3n) is 3.59. The summed E-state index contributed by atoms with van der Waals surface area (Å²) in [7, 11) is -4.08. The fourth-order valence-electron chi connectivity index (χ4n) is 2.35. The zero-order chi connectivity index (χ0) is 19.3. The Morgan fingerprint density at radius 1 is 1.19 bits per heavy atom. The van der Waals surface area contributed by atoms with Crippen LogP contribution in [0, 0.1) is 17.0 Å². The first-order valence-corrected chi connectivity index (χ1v) is 9.24. The van der Waals surface area contributed by atoms with Crippen molar-refractivity contribution < 1.29 is 22.9 Å². The van der Waals surface area contributed by atoms with Crippen LogP contribution in [-0.2, 0) is 21.3 Å². The molecule has 0 unspecified atom stereocenters. The quantitative estimate of drug-likeness (QED) is 0.450. The Morgan fingerprint density at radius 2 is 1.85 bits per heavy atom. The number of hydrogen-bond donors (Lipinski definition) is 1. The largest absolute Gasteiger partial charge is 0.462 e. The highest BCUT2D eigenvalue weighted by molar-refractivity contribution is 7.89. The molecule has 2 aromatic carbocycles. The van der Waals surface area contributed by atoms with Crippen LogP contribution in [0.4, 0.5) is 5.69 Å². The van der Waals surface area contributed by atoms with Gasteiger partial charge in [0, 0.05) is 12.6 Å². The van der Waals surface area contributed by atoms with E-state index in [0.717, 1.165) is 6.07 Å². The monoisotopic (exact) mass is 378 g/mol. The Balaban J connectivity index is 2.19. The van der Waals surface area contributed by atoms with Gasteiger partial charge in [0.15, 0.2) is 4.90 Å². The molecule has 0 saturated heterocycles. The number of carbonyl (C=O) groups is 1. The van der Waals surface area contributed by atoms with E-state index < -0.39 is 26.6 Å². The number of carbonyl (C=O) groups excluding carboxylic acids is 1. The molecule has 9 heteroatoms. The SMILES string of the molecule is CCOC(=O)c1ccc(CNS(=O)(=O)c2c(C)cccc2[N+](=O)[O-])cc1. The summed E-state index contributed by atoms with van der Waals surface area (Å²) in [5.74, 6) is -0.463. The van der Waals surface area contributed by atoms with Crippen LogP contribution in [0.2, 0.25) is 0 Å². The van der Waals surface area contributed by atoms with Crippen LogP contribution in [0.3, 0.4) is 0 Å². The van der Waals surface area contributed by atoms with E-state index in [1.165, 1.54) is 31.2 Å².